The van der Waals surface area contributed by atoms with Gasteiger partial charge in [0.25, 0.3) is 4.90 Å². The van der Waals surface area contributed by atoms with Gasteiger partial charge in [0.05, 0.1) is 16.3 Å². The first kappa shape index (κ1) is 8.91. The fourth-order valence-corrected chi connectivity index (χ4v) is 1.21. The van der Waals surface area contributed by atoms with Crippen molar-refractivity contribution in [1.29, 1.82) is 0 Å². The van der Waals surface area contributed by atoms with Crippen molar-refractivity contribution in [3.8, 4) is 0 Å². The predicted octanol–water partition coefficient (Wildman–Crippen LogP) is -0.0289. The molecule has 0 saturated heterocycles. The maximum absolute atomic E-state index is 10.7. The van der Waals surface area contributed by atoms with Crippen LogP contribution in [0.4, 0.5) is 5.69 Å². The van der Waals surface area contributed by atoms with Crippen molar-refractivity contribution >= 4 is 17.0 Å². The van der Waals surface area contributed by atoms with Crippen LogP contribution in [0.1, 0.15) is 0 Å². The van der Waals surface area contributed by atoms with E-state index in [-0.39, 0.29) is 10.6 Å². The largest absolute Gasteiger partial charge is 0.593 e. The Morgan fingerprint density at radius 1 is 1.67 bits per heavy atom. The van der Waals surface area contributed by atoms with E-state index in [0.717, 1.165) is 6.20 Å². The number of rotatable bonds is 2. The molecule has 6 nitrogen and oxygen atoms in total. The third-order valence-corrected chi connectivity index (χ3v) is 1.95. The lowest BCUT2D eigenvalue weighted by atomic mass is 10.4. The van der Waals surface area contributed by atoms with Crippen LogP contribution in [0.25, 0.3) is 0 Å². The van der Waals surface area contributed by atoms with Crippen LogP contribution >= 0.6 is 0 Å². The Labute approximate surface area is 70.9 Å². The van der Waals surface area contributed by atoms with Gasteiger partial charge in [0.2, 0.25) is 0 Å². The molecule has 1 rings (SSSR count). The number of hydrogen-bond donors (Lipinski definition) is 1. The van der Waals surface area contributed by atoms with Crippen molar-refractivity contribution in [2.45, 2.75) is 4.90 Å². The standard InChI is InChI=1S/C5H5N3O3S/c6-12(11)5-1-2-7-3-4(5)8(9)10/h1-3H,6H2. The average Bonchev–Trinajstić information content (AvgIpc) is 2.04. The summed E-state index contributed by atoms with van der Waals surface area (Å²) in [6.45, 7) is 0. The lowest BCUT2D eigenvalue weighted by molar-refractivity contribution is -0.388. The molecule has 1 atom stereocenters. The van der Waals surface area contributed by atoms with Crippen LogP contribution in [-0.2, 0) is 11.4 Å². The van der Waals surface area contributed by atoms with Crippen molar-refractivity contribution in [2.75, 3.05) is 0 Å². The monoisotopic (exact) mass is 187 g/mol. The van der Waals surface area contributed by atoms with Crippen LogP contribution in [0.2, 0.25) is 0 Å². The van der Waals surface area contributed by atoms with Gasteiger partial charge >= 0.3 is 5.69 Å². The highest BCUT2D eigenvalue weighted by molar-refractivity contribution is 7.89. The number of aromatic nitrogens is 1. The van der Waals surface area contributed by atoms with Gasteiger partial charge in [0, 0.05) is 12.3 Å². The third-order valence-electron chi connectivity index (χ3n) is 1.17. The molecule has 1 heterocycles. The first-order valence-electron chi connectivity index (χ1n) is 2.87. The molecule has 0 bridgehead atoms. The van der Waals surface area contributed by atoms with Gasteiger partial charge in [-0.25, -0.2) is 0 Å². The van der Waals surface area contributed by atoms with Gasteiger partial charge in [0.1, 0.15) is 6.20 Å². The Bertz CT molecular complexity index is 304. The molecule has 1 aromatic heterocycles. The summed E-state index contributed by atoms with van der Waals surface area (Å²) in [5.41, 5.74) is -0.321. The second-order valence-corrected chi connectivity index (χ2v) is 2.93. The Balaban J connectivity index is 3.17. The summed E-state index contributed by atoms with van der Waals surface area (Å²) in [5.74, 6) is 0. The summed E-state index contributed by atoms with van der Waals surface area (Å²) < 4.78 is 10.7. The molecule has 64 valence electrons. The lowest BCUT2D eigenvalue weighted by Crippen LogP contribution is -2.14. The minimum Gasteiger partial charge on any atom is -0.593 e. The van der Waals surface area contributed by atoms with Crippen LogP contribution in [0.3, 0.4) is 0 Å². The Hall–Kier alpha value is -1.18. The van der Waals surface area contributed by atoms with Crippen molar-refractivity contribution < 1.29 is 9.48 Å². The molecule has 0 aliphatic carbocycles. The smallest absolute Gasteiger partial charge is 0.343 e. The van der Waals surface area contributed by atoms with Crippen molar-refractivity contribution in [2.24, 2.45) is 5.14 Å². The zero-order valence-electron chi connectivity index (χ0n) is 5.84. The molecule has 0 aliphatic heterocycles. The first-order chi connectivity index (χ1) is 5.63. The summed E-state index contributed by atoms with van der Waals surface area (Å²) >= 11 is -1.84. The van der Waals surface area contributed by atoms with E-state index in [4.69, 9.17) is 5.14 Å². The van der Waals surface area contributed by atoms with Crippen molar-refractivity contribution in [3.05, 3.63) is 28.6 Å². The topological polar surface area (TPSA) is 105 Å². The van der Waals surface area contributed by atoms with Gasteiger partial charge in [-0.05, 0) is 0 Å². The molecule has 0 fully saturated rings. The molecular weight excluding hydrogens is 182 g/mol. The summed E-state index contributed by atoms with van der Waals surface area (Å²) in [6, 6.07) is 1.26. The molecule has 7 heteroatoms. The van der Waals surface area contributed by atoms with E-state index in [0.29, 0.717) is 0 Å². The van der Waals surface area contributed by atoms with Gasteiger partial charge < -0.3 is 4.55 Å². The number of nitrogens with two attached hydrogens (primary N) is 1. The molecule has 1 aromatic rings. The molecule has 0 spiro atoms. The van der Waals surface area contributed by atoms with Gasteiger partial charge in [0.15, 0.2) is 0 Å². The average molecular weight is 187 g/mol. The Kier molecular flexibility index (Phi) is 2.58. The maximum atomic E-state index is 10.7. The fraction of sp³-hybridized carbons (Fsp3) is 0. The van der Waals surface area contributed by atoms with E-state index in [1.807, 2.05) is 0 Å². The quantitative estimate of drug-likeness (QED) is 0.397. The van der Waals surface area contributed by atoms with E-state index >= 15 is 0 Å². The second-order valence-electron chi connectivity index (χ2n) is 1.90. The van der Waals surface area contributed by atoms with E-state index in [9.17, 15) is 14.7 Å². The molecule has 12 heavy (non-hydrogen) atoms. The number of nitro groups is 1. The third kappa shape index (κ3) is 1.70. The number of hydrogen-bond acceptors (Lipinski definition) is 5. The Morgan fingerprint density at radius 2 is 2.33 bits per heavy atom. The molecule has 1 unspecified atom stereocenters. The van der Waals surface area contributed by atoms with Crippen LogP contribution in [0, 0.1) is 10.1 Å². The maximum Gasteiger partial charge on any atom is 0.343 e. The first-order valence-corrected chi connectivity index (χ1v) is 4.09. The SMILES string of the molecule is N[S+]([O-])c1ccncc1[N+](=O)[O-]. The minimum absolute atomic E-state index is 0.0185. The number of pyridine rings is 1. The summed E-state index contributed by atoms with van der Waals surface area (Å²) in [7, 11) is 0. The summed E-state index contributed by atoms with van der Waals surface area (Å²) in [4.78, 5) is 13.1. The molecule has 0 aliphatic rings. The Morgan fingerprint density at radius 3 is 2.75 bits per heavy atom. The highest BCUT2D eigenvalue weighted by Crippen LogP contribution is 2.19. The van der Waals surface area contributed by atoms with Crippen LogP contribution in [0.15, 0.2) is 23.4 Å². The lowest BCUT2D eigenvalue weighted by Gasteiger charge is -2.01. The zero-order valence-corrected chi connectivity index (χ0v) is 6.65. The van der Waals surface area contributed by atoms with E-state index in [1.165, 1.54) is 12.3 Å². The summed E-state index contributed by atoms with van der Waals surface area (Å²) in [5, 5.41) is 15.3. The van der Waals surface area contributed by atoms with Gasteiger partial charge in [-0.3, -0.25) is 15.1 Å². The van der Waals surface area contributed by atoms with Gasteiger partial charge in [-0.15, -0.1) is 5.14 Å². The second kappa shape index (κ2) is 3.48. The van der Waals surface area contributed by atoms with Gasteiger partial charge in [-0.2, -0.15) is 0 Å². The van der Waals surface area contributed by atoms with Crippen LogP contribution in [-0.4, -0.2) is 14.5 Å². The van der Waals surface area contributed by atoms with Crippen molar-refractivity contribution in [3.63, 3.8) is 0 Å². The molecule has 2 N–H and O–H groups in total. The molecule has 0 saturated carbocycles. The number of nitrogens with zero attached hydrogens (tertiary/aromatic N) is 2. The van der Waals surface area contributed by atoms with Gasteiger partial charge in [-0.1, -0.05) is 0 Å². The van der Waals surface area contributed by atoms with Crippen molar-refractivity contribution in [1.82, 2.24) is 4.98 Å². The highest BCUT2D eigenvalue weighted by atomic mass is 32.2. The van der Waals surface area contributed by atoms with Crippen LogP contribution < -0.4 is 5.14 Å². The van der Waals surface area contributed by atoms with E-state index in [1.54, 1.807) is 0 Å². The van der Waals surface area contributed by atoms with E-state index < -0.39 is 16.3 Å². The molecule has 0 radical (unpaired) electrons. The zero-order chi connectivity index (χ0) is 9.14. The summed E-state index contributed by atoms with van der Waals surface area (Å²) in [6.07, 6.45) is 2.31. The fourth-order valence-electron chi connectivity index (χ4n) is 0.681. The van der Waals surface area contributed by atoms with E-state index in [2.05, 4.69) is 4.98 Å². The van der Waals surface area contributed by atoms with Crippen LogP contribution in [0.5, 0.6) is 0 Å². The highest BCUT2D eigenvalue weighted by Gasteiger charge is 2.21. The normalized spacial score (nSPS) is 12.5. The predicted molar refractivity (Wildman–Crippen MR) is 41.5 cm³/mol. The molecule has 0 amide bonds. The molecule has 0 aromatic carbocycles. The minimum atomic E-state index is -1.84. The molecular formula is C5H5N3O3S.